The Morgan fingerprint density at radius 3 is 2.48 bits per heavy atom. The summed E-state index contributed by atoms with van der Waals surface area (Å²) in [5, 5.41) is 27.9. The van der Waals surface area contributed by atoms with E-state index in [9.17, 15) is 24.8 Å². The molecule has 0 saturated carbocycles. The molecule has 40 heavy (non-hydrogen) atoms. The Morgan fingerprint density at radius 1 is 1.02 bits per heavy atom. The topological polar surface area (TPSA) is 159 Å². The molecule has 0 unspecified atom stereocenters. The zero-order chi connectivity index (χ0) is 28.9. The second kappa shape index (κ2) is 11.7. The third kappa shape index (κ3) is 7.01. The van der Waals surface area contributed by atoms with Gasteiger partial charge in [0.1, 0.15) is 12.1 Å². The molecule has 11 nitrogen and oxygen atoms in total. The molecule has 3 aromatic carbocycles. The molecule has 4 N–H and O–H groups in total. The van der Waals surface area contributed by atoms with Gasteiger partial charge in [-0.2, -0.15) is 0 Å². The highest BCUT2D eigenvalue weighted by Crippen LogP contribution is 2.33. The van der Waals surface area contributed by atoms with Gasteiger partial charge in [0.2, 0.25) is 5.91 Å². The monoisotopic (exact) mass is 543 g/mol. The van der Waals surface area contributed by atoms with E-state index in [0.29, 0.717) is 33.4 Å². The van der Waals surface area contributed by atoms with E-state index in [1.165, 1.54) is 12.1 Å². The number of non-ortho nitro benzene ring substituents is 1. The second-order valence-corrected chi connectivity index (χ2v) is 9.96. The smallest absolute Gasteiger partial charge is 0.408 e. The van der Waals surface area contributed by atoms with Gasteiger partial charge >= 0.3 is 6.09 Å². The molecule has 0 radical (unpaired) electrons. The molecule has 1 aromatic heterocycles. The molecular formula is C29H29N5O6. The predicted octanol–water partition coefficient (Wildman–Crippen LogP) is 5.09. The SMILES string of the molecule is CC(C)(C)OC(=O)NCC(=O)NCc1cccc(N=C(c2ccccc2)c2c(O)[nH]c3ccc([N+](=O)[O-])cc23)c1. The number of nitrogens with zero attached hydrogens (tertiary/aromatic N) is 2. The number of hydrogen-bond acceptors (Lipinski definition) is 7. The number of aromatic hydroxyl groups is 1. The van der Waals surface area contributed by atoms with Crippen molar-refractivity contribution in [2.24, 2.45) is 4.99 Å². The predicted molar refractivity (Wildman–Crippen MR) is 151 cm³/mol. The summed E-state index contributed by atoms with van der Waals surface area (Å²) in [6.07, 6.45) is -0.682. The average Bonchev–Trinajstić information content (AvgIpc) is 3.23. The number of H-pyrrole nitrogens is 1. The molecule has 0 saturated heterocycles. The fraction of sp³-hybridized carbons (Fsp3) is 0.207. The fourth-order valence-electron chi connectivity index (χ4n) is 3.97. The highest BCUT2D eigenvalue weighted by molar-refractivity contribution is 6.22. The van der Waals surface area contributed by atoms with Gasteiger partial charge in [-0.25, -0.2) is 9.79 Å². The lowest BCUT2D eigenvalue weighted by Gasteiger charge is -2.19. The highest BCUT2D eigenvalue weighted by atomic mass is 16.6. The zero-order valence-electron chi connectivity index (χ0n) is 22.2. The minimum atomic E-state index is -0.682. The van der Waals surface area contributed by atoms with Crippen LogP contribution in [0.5, 0.6) is 5.88 Å². The maximum Gasteiger partial charge on any atom is 0.408 e. The molecule has 0 aliphatic rings. The number of aromatic nitrogens is 1. The van der Waals surface area contributed by atoms with Gasteiger partial charge in [0.05, 0.1) is 21.9 Å². The van der Waals surface area contributed by atoms with Gasteiger partial charge in [-0.05, 0) is 44.5 Å². The number of nitro benzene ring substituents is 1. The van der Waals surface area contributed by atoms with E-state index in [1.54, 1.807) is 45.0 Å². The van der Waals surface area contributed by atoms with Crippen LogP contribution in [0.1, 0.15) is 37.5 Å². The Kier molecular flexibility index (Phi) is 8.13. The highest BCUT2D eigenvalue weighted by Gasteiger charge is 2.21. The lowest BCUT2D eigenvalue weighted by molar-refractivity contribution is -0.384. The van der Waals surface area contributed by atoms with E-state index < -0.39 is 22.5 Å². The molecule has 0 atom stereocenters. The fourth-order valence-corrected chi connectivity index (χ4v) is 3.97. The van der Waals surface area contributed by atoms with Crippen LogP contribution in [0, 0.1) is 10.1 Å². The summed E-state index contributed by atoms with van der Waals surface area (Å²) in [6.45, 7) is 5.14. The number of amides is 2. The van der Waals surface area contributed by atoms with Gasteiger partial charge in [0.15, 0.2) is 5.88 Å². The van der Waals surface area contributed by atoms with Crippen molar-refractivity contribution < 1.29 is 24.4 Å². The number of hydrogen-bond donors (Lipinski definition) is 4. The van der Waals surface area contributed by atoms with Crippen molar-refractivity contribution in [2.45, 2.75) is 32.9 Å². The summed E-state index contributed by atoms with van der Waals surface area (Å²) in [6, 6.07) is 20.6. The largest absolute Gasteiger partial charge is 0.494 e. The molecule has 2 amide bonds. The van der Waals surface area contributed by atoms with E-state index in [0.717, 1.165) is 5.56 Å². The third-order valence-electron chi connectivity index (χ3n) is 5.69. The number of alkyl carbamates (subject to hydrolysis) is 1. The number of fused-ring (bicyclic) bond motifs is 1. The van der Waals surface area contributed by atoms with Gasteiger partial charge in [-0.1, -0.05) is 42.5 Å². The van der Waals surface area contributed by atoms with Crippen molar-refractivity contribution in [1.82, 2.24) is 15.6 Å². The van der Waals surface area contributed by atoms with Crippen molar-refractivity contribution in [3.8, 4) is 5.88 Å². The number of nitrogens with one attached hydrogen (secondary N) is 3. The number of benzene rings is 3. The first kappa shape index (κ1) is 27.8. The van der Waals surface area contributed by atoms with Gasteiger partial charge in [-0.15, -0.1) is 0 Å². The molecule has 0 aliphatic carbocycles. The first-order valence-electron chi connectivity index (χ1n) is 12.5. The van der Waals surface area contributed by atoms with Gasteiger partial charge < -0.3 is 25.5 Å². The van der Waals surface area contributed by atoms with E-state index in [1.807, 2.05) is 36.4 Å². The maximum absolute atomic E-state index is 12.2. The Morgan fingerprint density at radius 2 is 1.77 bits per heavy atom. The third-order valence-corrected chi connectivity index (χ3v) is 5.69. The Balaban J connectivity index is 1.60. The first-order valence-corrected chi connectivity index (χ1v) is 12.5. The van der Waals surface area contributed by atoms with Gasteiger partial charge in [0, 0.05) is 35.1 Å². The van der Waals surface area contributed by atoms with Gasteiger partial charge in [-0.3, -0.25) is 14.9 Å². The Bertz CT molecular complexity index is 1590. The van der Waals surface area contributed by atoms with Crippen LogP contribution in [0.25, 0.3) is 10.9 Å². The molecular weight excluding hydrogens is 514 g/mol. The van der Waals surface area contributed by atoms with Gasteiger partial charge in [0.25, 0.3) is 5.69 Å². The minimum Gasteiger partial charge on any atom is -0.494 e. The molecule has 0 bridgehead atoms. The Labute approximate surface area is 230 Å². The van der Waals surface area contributed by atoms with Crippen LogP contribution < -0.4 is 10.6 Å². The average molecular weight is 544 g/mol. The minimum absolute atomic E-state index is 0.112. The molecule has 11 heteroatoms. The lowest BCUT2D eigenvalue weighted by atomic mass is 10.0. The number of aromatic amines is 1. The zero-order valence-corrected chi connectivity index (χ0v) is 22.2. The number of rotatable bonds is 8. The molecule has 0 fully saturated rings. The molecule has 4 rings (SSSR count). The number of carbonyl (C=O) groups is 2. The molecule has 1 heterocycles. The standard InChI is InChI=1S/C29H29N5O6/c1-29(2,3)40-28(37)31-17-24(35)30-16-18-8-7-11-20(14-18)32-26(19-9-5-4-6-10-19)25-22-15-21(34(38)39)12-13-23(22)33-27(25)36/h4-15,33,36H,16-17H2,1-3H3,(H,30,35)(H,31,37). The lowest BCUT2D eigenvalue weighted by Crippen LogP contribution is -2.39. The quantitative estimate of drug-likeness (QED) is 0.138. The van der Waals surface area contributed by atoms with Crippen molar-refractivity contribution in [1.29, 1.82) is 0 Å². The van der Waals surface area contributed by atoms with E-state index >= 15 is 0 Å². The molecule has 0 spiro atoms. The first-order chi connectivity index (χ1) is 19.0. The van der Waals surface area contributed by atoms with Crippen LogP contribution in [0.4, 0.5) is 16.2 Å². The summed E-state index contributed by atoms with van der Waals surface area (Å²) in [4.78, 5) is 42.6. The van der Waals surface area contributed by atoms with E-state index in [-0.39, 0.29) is 24.7 Å². The van der Waals surface area contributed by atoms with Crippen LogP contribution in [-0.4, -0.2) is 44.9 Å². The summed E-state index contributed by atoms with van der Waals surface area (Å²) >= 11 is 0. The Hall–Kier alpha value is -5.19. The summed E-state index contributed by atoms with van der Waals surface area (Å²) in [7, 11) is 0. The number of aliphatic imine (C=N–C) groups is 1. The van der Waals surface area contributed by atoms with Crippen molar-refractivity contribution >= 4 is 40.0 Å². The second-order valence-electron chi connectivity index (χ2n) is 9.96. The number of carbonyl (C=O) groups excluding carboxylic acids is 2. The molecule has 206 valence electrons. The summed E-state index contributed by atoms with van der Waals surface area (Å²) in [5.41, 5.74) is 2.46. The number of nitro groups is 1. The summed E-state index contributed by atoms with van der Waals surface area (Å²) in [5.74, 6) is -0.561. The van der Waals surface area contributed by atoms with Crippen LogP contribution in [0.2, 0.25) is 0 Å². The molecule has 4 aromatic rings. The van der Waals surface area contributed by atoms with E-state index in [2.05, 4.69) is 15.6 Å². The van der Waals surface area contributed by atoms with Crippen LogP contribution >= 0.6 is 0 Å². The van der Waals surface area contributed by atoms with E-state index in [4.69, 9.17) is 9.73 Å². The van der Waals surface area contributed by atoms with Crippen LogP contribution in [0.15, 0.2) is 77.8 Å². The van der Waals surface area contributed by atoms with Crippen LogP contribution in [-0.2, 0) is 16.1 Å². The summed E-state index contributed by atoms with van der Waals surface area (Å²) < 4.78 is 5.13. The van der Waals surface area contributed by atoms with Crippen LogP contribution in [0.3, 0.4) is 0 Å². The maximum atomic E-state index is 12.2. The van der Waals surface area contributed by atoms with Crippen molar-refractivity contribution in [3.63, 3.8) is 0 Å². The molecule has 0 aliphatic heterocycles. The van der Waals surface area contributed by atoms with Crippen molar-refractivity contribution in [3.05, 3.63) is 99.6 Å². The number of ether oxygens (including phenoxy) is 1. The van der Waals surface area contributed by atoms with Crippen molar-refractivity contribution in [2.75, 3.05) is 6.54 Å². The normalized spacial score (nSPS) is 11.7.